The Morgan fingerprint density at radius 2 is 2.08 bits per heavy atom. The van der Waals surface area contributed by atoms with Gasteiger partial charge >= 0.3 is 0 Å². The van der Waals surface area contributed by atoms with Crippen LogP contribution in [-0.2, 0) is 13.3 Å². The van der Waals surface area contributed by atoms with Gasteiger partial charge in [0.1, 0.15) is 11.5 Å². The molecule has 1 aliphatic rings. The molecule has 2 aromatic rings. The maximum absolute atomic E-state index is 9.73. The summed E-state index contributed by atoms with van der Waals surface area (Å²) in [5, 5.41) is 14.1. The summed E-state index contributed by atoms with van der Waals surface area (Å²) in [6, 6.07) is 7.29. The van der Waals surface area contributed by atoms with Gasteiger partial charge in [0.05, 0.1) is 19.9 Å². The van der Waals surface area contributed by atoms with Crippen molar-refractivity contribution in [2.75, 3.05) is 20.2 Å². The highest BCUT2D eigenvalue weighted by Crippen LogP contribution is 2.18. The van der Waals surface area contributed by atoms with E-state index in [4.69, 9.17) is 26.1 Å². The number of hydrogen-bond donors (Lipinski definition) is 1. The second-order valence-corrected chi connectivity index (χ2v) is 6.09. The largest absolute Gasteiger partial charge is 0.497 e. The molecule has 0 amide bonds. The number of piperidine rings is 1. The first-order chi connectivity index (χ1) is 11.6. The van der Waals surface area contributed by atoms with Crippen molar-refractivity contribution in [1.29, 1.82) is 0 Å². The van der Waals surface area contributed by atoms with Gasteiger partial charge in [-0.25, -0.2) is 4.68 Å². The van der Waals surface area contributed by atoms with E-state index in [1.807, 2.05) is 24.3 Å². The molecule has 7 nitrogen and oxygen atoms in total. The quantitative estimate of drug-likeness (QED) is 0.800. The zero-order valence-electron chi connectivity index (χ0n) is 13.6. The first-order valence-corrected chi connectivity index (χ1v) is 8.29. The number of aliphatic hydroxyl groups excluding tert-OH is 1. The molecular formula is C16H21N3O4S. The molecule has 8 heteroatoms. The minimum absolute atomic E-state index is 0.200. The van der Waals surface area contributed by atoms with Crippen molar-refractivity contribution in [3.8, 4) is 11.5 Å². The summed E-state index contributed by atoms with van der Waals surface area (Å²) in [4.78, 5) is 2.42. The van der Waals surface area contributed by atoms with E-state index in [1.165, 1.54) is 0 Å². The molecule has 0 radical (unpaired) electrons. The maximum atomic E-state index is 9.73. The second-order valence-electron chi connectivity index (χ2n) is 5.74. The van der Waals surface area contributed by atoms with Crippen molar-refractivity contribution in [3.05, 3.63) is 35.0 Å². The first-order valence-electron chi connectivity index (χ1n) is 7.88. The number of likely N-dealkylation sites (tertiary alicyclic amines) is 1. The van der Waals surface area contributed by atoms with Crippen LogP contribution in [0.2, 0.25) is 0 Å². The molecule has 3 rings (SSSR count). The number of aromatic nitrogens is 2. The van der Waals surface area contributed by atoms with Gasteiger partial charge in [-0.2, -0.15) is 0 Å². The zero-order valence-corrected chi connectivity index (χ0v) is 14.4. The minimum Gasteiger partial charge on any atom is -0.497 e. The number of aliphatic hydroxyl groups is 1. The molecule has 0 aliphatic carbocycles. The molecule has 1 atom stereocenters. The highest BCUT2D eigenvalue weighted by molar-refractivity contribution is 7.71. The predicted octanol–water partition coefficient (Wildman–Crippen LogP) is 2.21. The van der Waals surface area contributed by atoms with Gasteiger partial charge in [0.15, 0.2) is 6.61 Å². The normalized spacial score (nSPS) is 18.5. The van der Waals surface area contributed by atoms with E-state index < -0.39 is 0 Å². The summed E-state index contributed by atoms with van der Waals surface area (Å²) in [5.74, 6) is 1.90. The van der Waals surface area contributed by atoms with Crippen molar-refractivity contribution >= 4 is 12.2 Å². The molecule has 0 spiro atoms. The van der Waals surface area contributed by atoms with Gasteiger partial charge in [0, 0.05) is 13.1 Å². The molecule has 1 fully saturated rings. The molecule has 1 aromatic heterocycles. The Morgan fingerprint density at radius 3 is 2.79 bits per heavy atom. The van der Waals surface area contributed by atoms with Gasteiger partial charge < -0.3 is 19.0 Å². The van der Waals surface area contributed by atoms with E-state index in [9.17, 15) is 5.11 Å². The van der Waals surface area contributed by atoms with Crippen LogP contribution in [-0.4, -0.2) is 46.1 Å². The van der Waals surface area contributed by atoms with E-state index in [2.05, 4.69) is 10.00 Å². The first kappa shape index (κ1) is 16.9. The van der Waals surface area contributed by atoms with Crippen LogP contribution in [0.25, 0.3) is 0 Å². The van der Waals surface area contributed by atoms with Gasteiger partial charge in [-0.3, -0.25) is 4.90 Å². The summed E-state index contributed by atoms with van der Waals surface area (Å²) in [6.45, 7) is 2.27. The van der Waals surface area contributed by atoms with Crippen LogP contribution < -0.4 is 9.47 Å². The fourth-order valence-corrected chi connectivity index (χ4v) is 2.86. The monoisotopic (exact) mass is 351 g/mol. The Labute approximate surface area is 145 Å². The molecule has 0 saturated carbocycles. The van der Waals surface area contributed by atoms with Gasteiger partial charge in [-0.05, 0) is 49.3 Å². The summed E-state index contributed by atoms with van der Waals surface area (Å²) in [6.07, 6.45) is 1.54. The average Bonchev–Trinajstić information content (AvgIpc) is 2.93. The fourth-order valence-electron chi connectivity index (χ4n) is 2.66. The van der Waals surface area contributed by atoms with Gasteiger partial charge in [-0.15, -0.1) is 5.10 Å². The van der Waals surface area contributed by atoms with E-state index in [0.717, 1.165) is 25.1 Å². The van der Waals surface area contributed by atoms with E-state index >= 15 is 0 Å². The molecule has 0 unspecified atom stereocenters. The summed E-state index contributed by atoms with van der Waals surface area (Å²) in [5.41, 5.74) is 0. The number of β-amino-alcohol motifs (C(OH)–C–C–N with tert-alkyl or cyclic N) is 1. The lowest BCUT2D eigenvalue weighted by Crippen LogP contribution is -2.39. The molecule has 0 bridgehead atoms. The van der Waals surface area contributed by atoms with Crippen molar-refractivity contribution in [2.45, 2.75) is 32.2 Å². The standard InChI is InChI=1S/C16H21N3O4S/c1-21-13-4-6-14(7-5-13)22-10-15-17-19(16(24)23-15)11-18-8-2-3-12(20)9-18/h4-7,12,20H,2-3,8-11H2,1H3/t12-/m1/s1. The third-order valence-electron chi connectivity index (χ3n) is 3.88. The Kier molecular flexibility index (Phi) is 5.49. The smallest absolute Gasteiger partial charge is 0.288 e. The molecule has 1 aliphatic heterocycles. The van der Waals surface area contributed by atoms with Gasteiger partial charge in [0.2, 0.25) is 0 Å². The Hall–Kier alpha value is -1.90. The molecular weight excluding hydrogens is 330 g/mol. The van der Waals surface area contributed by atoms with Crippen LogP contribution in [0.1, 0.15) is 18.7 Å². The lowest BCUT2D eigenvalue weighted by atomic mass is 10.1. The number of methoxy groups -OCH3 is 1. The molecule has 1 N–H and O–H groups in total. The number of ether oxygens (including phenoxy) is 2. The molecule has 24 heavy (non-hydrogen) atoms. The second kappa shape index (κ2) is 7.78. The van der Waals surface area contributed by atoms with E-state index in [-0.39, 0.29) is 12.7 Å². The minimum atomic E-state index is -0.280. The molecule has 1 aromatic carbocycles. The van der Waals surface area contributed by atoms with Crippen LogP contribution in [0.5, 0.6) is 11.5 Å². The van der Waals surface area contributed by atoms with Crippen LogP contribution in [0.4, 0.5) is 0 Å². The summed E-state index contributed by atoms with van der Waals surface area (Å²) in [7, 11) is 1.62. The molecule has 1 saturated heterocycles. The highest BCUT2D eigenvalue weighted by atomic mass is 32.1. The van der Waals surface area contributed by atoms with Gasteiger partial charge in [-0.1, -0.05) is 0 Å². The van der Waals surface area contributed by atoms with Crippen molar-refractivity contribution in [3.63, 3.8) is 0 Å². The summed E-state index contributed by atoms with van der Waals surface area (Å²) < 4.78 is 17.8. The third kappa shape index (κ3) is 4.34. The van der Waals surface area contributed by atoms with Crippen LogP contribution in [0.15, 0.2) is 28.7 Å². The number of benzene rings is 1. The lowest BCUT2D eigenvalue weighted by molar-refractivity contribution is 0.0508. The molecule has 130 valence electrons. The topological polar surface area (TPSA) is 72.9 Å². The number of rotatable bonds is 6. The van der Waals surface area contributed by atoms with Crippen LogP contribution in [0, 0.1) is 4.84 Å². The average molecular weight is 351 g/mol. The fraction of sp³-hybridized carbons (Fsp3) is 0.500. The lowest BCUT2D eigenvalue weighted by Gasteiger charge is -2.29. The van der Waals surface area contributed by atoms with Crippen molar-refractivity contribution < 1.29 is 19.0 Å². The maximum Gasteiger partial charge on any atom is 0.288 e. The highest BCUT2D eigenvalue weighted by Gasteiger charge is 2.19. The third-order valence-corrected chi connectivity index (χ3v) is 4.18. The Bertz CT molecular complexity index is 713. The van der Waals surface area contributed by atoms with Crippen molar-refractivity contribution in [2.24, 2.45) is 0 Å². The number of nitrogens with zero attached hydrogens (tertiary/aromatic N) is 3. The molecule has 2 heterocycles. The van der Waals surface area contributed by atoms with E-state index in [1.54, 1.807) is 11.8 Å². The zero-order chi connectivity index (χ0) is 16.9. The number of hydrogen-bond acceptors (Lipinski definition) is 7. The Morgan fingerprint density at radius 1 is 1.33 bits per heavy atom. The van der Waals surface area contributed by atoms with E-state index in [0.29, 0.717) is 29.7 Å². The Balaban J connectivity index is 1.58. The SMILES string of the molecule is COc1ccc(OCc2nn(CN3CCC[C@@H](O)C3)c(=S)o2)cc1. The predicted molar refractivity (Wildman–Crippen MR) is 89.5 cm³/mol. The van der Waals surface area contributed by atoms with Gasteiger partial charge in [0.25, 0.3) is 10.7 Å². The van der Waals surface area contributed by atoms with Crippen molar-refractivity contribution in [1.82, 2.24) is 14.7 Å². The van der Waals surface area contributed by atoms with Crippen LogP contribution >= 0.6 is 12.2 Å². The van der Waals surface area contributed by atoms with Crippen LogP contribution in [0.3, 0.4) is 0 Å². The summed E-state index contributed by atoms with van der Waals surface area (Å²) >= 11 is 5.21.